The number of nitrogens with one attached hydrogen (secondary N) is 3. The van der Waals surface area contributed by atoms with Crippen molar-refractivity contribution in [1.29, 1.82) is 0 Å². The second-order valence-electron chi connectivity index (χ2n) is 6.79. The minimum Gasteiger partial charge on any atom is -0.382 e. The Labute approximate surface area is 174 Å². The van der Waals surface area contributed by atoms with E-state index in [-0.39, 0.29) is 24.7 Å². The summed E-state index contributed by atoms with van der Waals surface area (Å²) in [6.07, 6.45) is 1.10. The number of nitrogens with zero attached hydrogens (tertiary/aromatic N) is 2. The molecule has 0 bridgehead atoms. The van der Waals surface area contributed by atoms with Gasteiger partial charge in [-0.3, -0.25) is 13.9 Å². The number of fused-ring (bicyclic) bond motifs is 1. The van der Waals surface area contributed by atoms with Gasteiger partial charge in [0.2, 0.25) is 15.9 Å². The number of anilines is 2. The number of carbonyl (C=O) groups is 1. The van der Waals surface area contributed by atoms with E-state index in [0.29, 0.717) is 30.0 Å². The lowest BCUT2D eigenvalue weighted by molar-refractivity contribution is -0.116. The molecular formula is C20H25N5O4S. The monoisotopic (exact) mass is 431 g/mol. The van der Waals surface area contributed by atoms with Crippen molar-refractivity contribution >= 4 is 38.3 Å². The maximum atomic E-state index is 12.7. The van der Waals surface area contributed by atoms with E-state index >= 15 is 0 Å². The van der Waals surface area contributed by atoms with Gasteiger partial charge >= 0.3 is 5.69 Å². The number of hydrogen-bond donors (Lipinski definition) is 3. The standard InChI is InChI=1S/C20H25N5O4S/c1-3-24-17-10-6-7-11-18(17)25(20(24)27)14-19(26)23-16-9-5-4-8-15(16)21-12-13-22-30(2,28)29/h4-11,21-22H,3,12-14H2,1-2H3,(H,23,26). The van der Waals surface area contributed by atoms with Crippen LogP contribution in [0.2, 0.25) is 0 Å². The molecule has 0 fully saturated rings. The summed E-state index contributed by atoms with van der Waals surface area (Å²) < 4.78 is 27.8. The van der Waals surface area contributed by atoms with Crippen molar-refractivity contribution < 1.29 is 13.2 Å². The van der Waals surface area contributed by atoms with Crippen LogP contribution in [0.5, 0.6) is 0 Å². The van der Waals surface area contributed by atoms with Crippen molar-refractivity contribution in [3.05, 3.63) is 59.0 Å². The highest BCUT2D eigenvalue weighted by Gasteiger charge is 2.15. The van der Waals surface area contributed by atoms with Crippen LogP contribution in [0.4, 0.5) is 11.4 Å². The van der Waals surface area contributed by atoms with Crippen molar-refractivity contribution in [1.82, 2.24) is 13.9 Å². The summed E-state index contributed by atoms with van der Waals surface area (Å²) in [6.45, 7) is 2.85. The summed E-state index contributed by atoms with van der Waals surface area (Å²) in [5, 5.41) is 5.92. The Bertz CT molecular complexity index is 1210. The first-order valence-corrected chi connectivity index (χ1v) is 11.4. The predicted octanol–water partition coefficient (Wildman–Crippen LogP) is 1.42. The van der Waals surface area contributed by atoms with Crippen LogP contribution in [0, 0.1) is 0 Å². The number of aryl methyl sites for hydroxylation is 1. The minimum atomic E-state index is -3.26. The van der Waals surface area contributed by atoms with Gasteiger partial charge in [-0.15, -0.1) is 0 Å². The first-order chi connectivity index (χ1) is 14.3. The fraction of sp³-hybridized carbons (Fsp3) is 0.300. The number of rotatable bonds is 9. The molecular weight excluding hydrogens is 406 g/mol. The summed E-state index contributed by atoms with van der Waals surface area (Å²) in [4.78, 5) is 25.4. The van der Waals surface area contributed by atoms with E-state index in [1.807, 2.05) is 31.2 Å². The van der Waals surface area contributed by atoms with E-state index in [1.165, 1.54) is 4.57 Å². The van der Waals surface area contributed by atoms with Gasteiger partial charge in [0.1, 0.15) is 6.54 Å². The quantitative estimate of drug-likeness (QED) is 0.444. The molecule has 0 aliphatic heterocycles. The van der Waals surface area contributed by atoms with Crippen molar-refractivity contribution in [3.8, 4) is 0 Å². The molecule has 160 valence electrons. The smallest absolute Gasteiger partial charge is 0.329 e. The highest BCUT2D eigenvalue weighted by Crippen LogP contribution is 2.21. The fourth-order valence-corrected chi connectivity index (χ4v) is 3.72. The molecule has 30 heavy (non-hydrogen) atoms. The Morgan fingerprint density at radius 2 is 1.53 bits per heavy atom. The molecule has 9 nitrogen and oxygen atoms in total. The first-order valence-electron chi connectivity index (χ1n) is 9.55. The van der Waals surface area contributed by atoms with E-state index in [0.717, 1.165) is 11.8 Å². The van der Waals surface area contributed by atoms with Crippen LogP contribution >= 0.6 is 0 Å². The summed E-state index contributed by atoms with van der Waals surface area (Å²) in [5.41, 5.74) is 2.47. The van der Waals surface area contributed by atoms with Crippen LogP contribution in [-0.2, 0) is 27.9 Å². The van der Waals surface area contributed by atoms with E-state index < -0.39 is 10.0 Å². The number of carbonyl (C=O) groups excluding carboxylic acids is 1. The molecule has 0 radical (unpaired) electrons. The van der Waals surface area contributed by atoms with Crippen LogP contribution in [0.15, 0.2) is 53.3 Å². The largest absolute Gasteiger partial charge is 0.382 e. The minimum absolute atomic E-state index is 0.115. The Morgan fingerprint density at radius 3 is 2.17 bits per heavy atom. The number of benzene rings is 2. The average molecular weight is 432 g/mol. The van der Waals surface area contributed by atoms with Gasteiger partial charge in [0.15, 0.2) is 0 Å². The normalized spacial score (nSPS) is 11.5. The highest BCUT2D eigenvalue weighted by molar-refractivity contribution is 7.88. The zero-order valence-corrected chi connectivity index (χ0v) is 17.7. The van der Waals surface area contributed by atoms with Crippen LogP contribution in [0.1, 0.15) is 6.92 Å². The van der Waals surface area contributed by atoms with Gasteiger partial charge in [-0.05, 0) is 31.2 Å². The average Bonchev–Trinajstić information content (AvgIpc) is 2.96. The molecule has 0 unspecified atom stereocenters. The lowest BCUT2D eigenvalue weighted by Gasteiger charge is -2.13. The van der Waals surface area contributed by atoms with Crippen LogP contribution in [0.3, 0.4) is 0 Å². The van der Waals surface area contributed by atoms with Crippen LogP contribution in [-0.4, -0.2) is 42.8 Å². The molecule has 0 saturated heterocycles. The Balaban J connectivity index is 1.73. The molecule has 2 aromatic carbocycles. The Hall–Kier alpha value is -3.11. The van der Waals surface area contributed by atoms with Crippen LogP contribution < -0.4 is 21.0 Å². The third kappa shape index (κ3) is 5.08. The van der Waals surface area contributed by atoms with E-state index in [9.17, 15) is 18.0 Å². The molecule has 0 spiro atoms. The van der Waals surface area contributed by atoms with Crippen molar-refractivity contribution in [3.63, 3.8) is 0 Å². The van der Waals surface area contributed by atoms with Gasteiger partial charge in [0.25, 0.3) is 0 Å². The van der Waals surface area contributed by atoms with Gasteiger partial charge in [-0.25, -0.2) is 17.9 Å². The van der Waals surface area contributed by atoms with Gasteiger partial charge in [0.05, 0.1) is 28.7 Å². The maximum Gasteiger partial charge on any atom is 0.329 e. The van der Waals surface area contributed by atoms with Crippen LogP contribution in [0.25, 0.3) is 11.0 Å². The maximum absolute atomic E-state index is 12.7. The second-order valence-corrected chi connectivity index (χ2v) is 8.62. The molecule has 0 saturated carbocycles. The number of amides is 1. The zero-order valence-electron chi connectivity index (χ0n) is 16.9. The Morgan fingerprint density at radius 1 is 0.933 bits per heavy atom. The Kier molecular flexibility index (Phi) is 6.58. The molecule has 1 amide bonds. The van der Waals surface area contributed by atoms with E-state index in [2.05, 4.69) is 15.4 Å². The van der Waals surface area contributed by atoms with Gasteiger partial charge < -0.3 is 10.6 Å². The molecule has 3 aromatic rings. The van der Waals surface area contributed by atoms with Crippen molar-refractivity contribution in [2.24, 2.45) is 0 Å². The number of para-hydroxylation sites is 4. The van der Waals surface area contributed by atoms with Gasteiger partial charge in [-0.1, -0.05) is 24.3 Å². The number of sulfonamides is 1. The molecule has 0 aliphatic carbocycles. The summed E-state index contributed by atoms with van der Waals surface area (Å²) in [6, 6.07) is 14.5. The number of hydrogen-bond acceptors (Lipinski definition) is 5. The van der Waals surface area contributed by atoms with Gasteiger partial charge in [-0.2, -0.15) is 0 Å². The third-order valence-electron chi connectivity index (χ3n) is 4.55. The van der Waals surface area contributed by atoms with E-state index in [4.69, 9.17) is 0 Å². The third-order valence-corrected chi connectivity index (χ3v) is 5.28. The van der Waals surface area contributed by atoms with Crippen molar-refractivity contribution in [2.45, 2.75) is 20.0 Å². The van der Waals surface area contributed by atoms with E-state index in [1.54, 1.807) is 28.8 Å². The first kappa shape index (κ1) is 21.6. The molecule has 1 heterocycles. The predicted molar refractivity (Wildman–Crippen MR) is 118 cm³/mol. The molecule has 3 rings (SSSR count). The molecule has 10 heteroatoms. The van der Waals surface area contributed by atoms with Gasteiger partial charge in [0, 0.05) is 19.6 Å². The highest BCUT2D eigenvalue weighted by atomic mass is 32.2. The second kappa shape index (κ2) is 9.14. The molecule has 0 atom stereocenters. The lowest BCUT2D eigenvalue weighted by Crippen LogP contribution is -2.29. The number of imidazole rings is 1. The summed E-state index contributed by atoms with van der Waals surface area (Å²) >= 11 is 0. The SMILES string of the molecule is CCn1c(=O)n(CC(=O)Nc2ccccc2NCCNS(C)(=O)=O)c2ccccc21. The zero-order chi connectivity index (χ0) is 21.7. The summed E-state index contributed by atoms with van der Waals surface area (Å²) in [7, 11) is -3.26. The fourth-order valence-electron chi connectivity index (χ4n) is 3.24. The topological polar surface area (TPSA) is 114 Å². The molecule has 0 aliphatic rings. The molecule has 3 N–H and O–H groups in total. The summed E-state index contributed by atoms with van der Waals surface area (Å²) in [5.74, 6) is -0.334. The number of aromatic nitrogens is 2. The molecule has 1 aromatic heterocycles. The van der Waals surface area contributed by atoms with Crippen molar-refractivity contribution in [2.75, 3.05) is 30.0 Å². The lowest BCUT2D eigenvalue weighted by atomic mass is 10.2.